The average molecular weight is 658 g/mol. The summed E-state index contributed by atoms with van der Waals surface area (Å²) in [7, 11) is -2.34. The Bertz CT molecular complexity index is 1700. The lowest BCUT2D eigenvalue weighted by Gasteiger charge is -2.34. The number of carbonyl (C=O) groups excluding carboxylic acids is 2. The van der Waals surface area contributed by atoms with Crippen molar-refractivity contribution in [2.45, 2.75) is 51.9 Å². The van der Waals surface area contributed by atoms with E-state index in [2.05, 4.69) is 5.32 Å². The first-order valence-corrected chi connectivity index (χ1v) is 17.4. The maximum atomic E-state index is 14.3. The molecule has 47 heavy (non-hydrogen) atoms. The lowest BCUT2D eigenvalue weighted by molar-refractivity contribution is -0.140. The molecular weight excluding hydrogens is 614 g/mol. The molecule has 4 aromatic rings. The first-order valence-electron chi connectivity index (χ1n) is 15.6. The molecule has 248 valence electrons. The van der Waals surface area contributed by atoms with Gasteiger partial charge in [-0.25, -0.2) is 8.42 Å². The molecule has 4 rings (SSSR count). The van der Waals surface area contributed by atoms with Crippen LogP contribution in [-0.4, -0.2) is 57.1 Å². The third kappa shape index (κ3) is 10.3. The lowest BCUT2D eigenvalue weighted by atomic mass is 10.0. The molecule has 0 saturated carbocycles. The largest absolute Gasteiger partial charge is 0.497 e. The number of amides is 2. The van der Waals surface area contributed by atoms with Gasteiger partial charge in [0.15, 0.2) is 0 Å². The number of methoxy groups -OCH3 is 1. The van der Waals surface area contributed by atoms with Crippen LogP contribution in [0, 0.1) is 0 Å². The van der Waals surface area contributed by atoms with Crippen LogP contribution in [0.3, 0.4) is 0 Å². The number of sulfonamides is 1. The van der Waals surface area contributed by atoms with E-state index < -0.39 is 28.5 Å². The zero-order chi connectivity index (χ0) is 33.8. The fourth-order valence-electron chi connectivity index (χ4n) is 5.03. The molecule has 0 spiro atoms. The van der Waals surface area contributed by atoms with Crippen LogP contribution in [-0.2, 0) is 39.2 Å². The smallest absolute Gasteiger partial charge is 0.244 e. The van der Waals surface area contributed by atoms with Crippen molar-refractivity contribution in [3.8, 4) is 11.5 Å². The molecular formula is C37H43N3O6S. The minimum absolute atomic E-state index is 0.0608. The monoisotopic (exact) mass is 657 g/mol. The quantitative estimate of drug-likeness (QED) is 0.168. The summed E-state index contributed by atoms with van der Waals surface area (Å²) >= 11 is 0. The topological polar surface area (TPSA) is 105 Å². The van der Waals surface area contributed by atoms with Crippen molar-refractivity contribution >= 4 is 27.5 Å². The van der Waals surface area contributed by atoms with Crippen molar-refractivity contribution in [2.24, 2.45) is 0 Å². The van der Waals surface area contributed by atoms with Gasteiger partial charge in [0.05, 0.1) is 19.1 Å². The third-order valence-electron chi connectivity index (χ3n) is 7.81. The van der Waals surface area contributed by atoms with Gasteiger partial charge in [-0.2, -0.15) is 0 Å². The summed E-state index contributed by atoms with van der Waals surface area (Å²) < 4.78 is 38.6. The van der Waals surface area contributed by atoms with E-state index in [1.54, 1.807) is 43.5 Å². The molecule has 10 heteroatoms. The highest BCUT2D eigenvalue weighted by atomic mass is 32.2. The Morgan fingerprint density at radius 2 is 1.43 bits per heavy atom. The number of carbonyl (C=O) groups is 2. The van der Waals surface area contributed by atoms with E-state index in [-0.39, 0.29) is 24.9 Å². The van der Waals surface area contributed by atoms with Gasteiger partial charge in [-0.3, -0.25) is 13.9 Å². The number of rotatable bonds is 16. The van der Waals surface area contributed by atoms with E-state index >= 15 is 0 Å². The Hall–Kier alpha value is -4.83. The highest BCUT2D eigenvalue weighted by molar-refractivity contribution is 7.92. The fraction of sp³-hybridized carbons (Fsp3) is 0.297. The number of nitrogens with zero attached hydrogens (tertiary/aromatic N) is 2. The minimum Gasteiger partial charge on any atom is -0.497 e. The van der Waals surface area contributed by atoms with E-state index in [4.69, 9.17) is 9.47 Å². The molecule has 0 heterocycles. The zero-order valence-corrected chi connectivity index (χ0v) is 28.2. The van der Waals surface area contributed by atoms with Crippen LogP contribution in [0.1, 0.15) is 37.0 Å². The van der Waals surface area contributed by atoms with Crippen LogP contribution in [0.5, 0.6) is 11.5 Å². The first kappa shape index (κ1) is 35.0. The molecule has 0 saturated heterocycles. The van der Waals surface area contributed by atoms with Crippen molar-refractivity contribution < 1.29 is 27.5 Å². The number of nitrogens with one attached hydrogen (secondary N) is 1. The van der Waals surface area contributed by atoms with E-state index in [0.717, 1.165) is 27.3 Å². The van der Waals surface area contributed by atoms with E-state index in [9.17, 15) is 18.0 Å². The summed E-state index contributed by atoms with van der Waals surface area (Å²) in [6.07, 6.45) is 2.01. The van der Waals surface area contributed by atoms with Gasteiger partial charge in [0.25, 0.3) is 0 Å². The third-order valence-corrected chi connectivity index (χ3v) is 8.95. The second-order valence-electron chi connectivity index (χ2n) is 11.4. The Balaban J connectivity index is 1.66. The predicted molar refractivity (Wildman–Crippen MR) is 185 cm³/mol. The summed E-state index contributed by atoms with van der Waals surface area (Å²) in [6.45, 7) is 3.79. The number of hydrogen-bond acceptors (Lipinski definition) is 6. The molecule has 4 aromatic carbocycles. The maximum Gasteiger partial charge on any atom is 0.244 e. The van der Waals surface area contributed by atoms with Crippen molar-refractivity contribution in [3.05, 3.63) is 126 Å². The number of hydrogen-bond donors (Lipinski definition) is 1. The SMILES string of the molecule is CC[C@H](C)NC(=O)[C@@H](Cc1ccccc1)N(Cc1cccc(OC)c1)C(=O)CN(c1ccc(OCc2ccccc2)cc1)S(C)(=O)=O. The van der Waals surface area contributed by atoms with Gasteiger partial charge in [0.2, 0.25) is 21.8 Å². The highest BCUT2D eigenvalue weighted by Gasteiger charge is 2.33. The summed E-state index contributed by atoms with van der Waals surface area (Å²) in [5.74, 6) is 0.320. The van der Waals surface area contributed by atoms with Crippen molar-refractivity contribution in [1.29, 1.82) is 0 Å². The van der Waals surface area contributed by atoms with Gasteiger partial charge >= 0.3 is 0 Å². The Morgan fingerprint density at radius 1 is 0.809 bits per heavy atom. The predicted octanol–water partition coefficient (Wildman–Crippen LogP) is 5.60. The molecule has 2 amide bonds. The number of ether oxygens (including phenoxy) is 2. The van der Waals surface area contributed by atoms with Crippen LogP contribution >= 0.6 is 0 Å². The van der Waals surface area contributed by atoms with Gasteiger partial charge in [-0.05, 0) is 66.4 Å². The normalized spacial score (nSPS) is 12.4. The van der Waals surface area contributed by atoms with E-state index in [1.807, 2.05) is 86.6 Å². The molecule has 0 aliphatic carbocycles. The molecule has 0 aromatic heterocycles. The van der Waals surface area contributed by atoms with Crippen LogP contribution in [0.15, 0.2) is 109 Å². The van der Waals surface area contributed by atoms with E-state index in [1.165, 1.54) is 4.90 Å². The van der Waals surface area contributed by atoms with Crippen LogP contribution in [0.25, 0.3) is 0 Å². The maximum absolute atomic E-state index is 14.3. The average Bonchev–Trinajstić information content (AvgIpc) is 3.08. The molecule has 0 bridgehead atoms. The molecule has 0 aliphatic heterocycles. The van der Waals surface area contributed by atoms with Crippen LogP contribution < -0.4 is 19.1 Å². The van der Waals surface area contributed by atoms with Crippen molar-refractivity contribution in [1.82, 2.24) is 10.2 Å². The highest BCUT2D eigenvalue weighted by Crippen LogP contribution is 2.24. The fourth-order valence-corrected chi connectivity index (χ4v) is 5.88. The molecule has 9 nitrogen and oxygen atoms in total. The summed E-state index contributed by atoms with van der Waals surface area (Å²) in [6, 6.07) is 31.9. The van der Waals surface area contributed by atoms with Crippen LogP contribution in [0.4, 0.5) is 5.69 Å². The van der Waals surface area contributed by atoms with Crippen LogP contribution in [0.2, 0.25) is 0 Å². The zero-order valence-electron chi connectivity index (χ0n) is 27.3. The molecule has 0 radical (unpaired) electrons. The van der Waals surface area contributed by atoms with Crippen molar-refractivity contribution in [3.63, 3.8) is 0 Å². The second kappa shape index (κ2) is 16.6. The lowest BCUT2D eigenvalue weighted by Crippen LogP contribution is -2.54. The van der Waals surface area contributed by atoms with Gasteiger partial charge in [0, 0.05) is 19.0 Å². The Morgan fingerprint density at radius 3 is 2.02 bits per heavy atom. The molecule has 0 fully saturated rings. The van der Waals surface area contributed by atoms with E-state index in [0.29, 0.717) is 30.2 Å². The second-order valence-corrected chi connectivity index (χ2v) is 13.3. The van der Waals surface area contributed by atoms with Gasteiger partial charge < -0.3 is 19.7 Å². The number of anilines is 1. The Labute approximate surface area is 278 Å². The van der Waals surface area contributed by atoms with Gasteiger partial charge in [0.1, 0.15) is 30.7 Å². The first-order chi connectivity index (χ1) is 22.6. The summed E-state index contributed by atoms with van der Waals surface area (Å²) in [5.41, 5.74) is 2.90. The minimum atomic E-state index is -3.90. The molecule has 0 aliphatic rings. The molecule has 0 unspecified atom stereocenters. The van der Waals surface area contributed by atoms with Gasteiger partial charge in [-0.15, -0.1) is 0 Å². The summed E-state index contributed by atoms with van der Waals surface area (Å²) in [4.78, 5) is 29.7. The number of benzene rings is 4. The standard InChI is InChI=1S/C37H43N3O6S/c1-5-28(2)38-37(42)35(24-29-13-8-6-9-14-29)39(25-31-17-12-18-34(23-31)45-3)36(41)26-40(47(4,43)44)32-19-21-33(22-20-32)46-27-30-15-10-7-11-16-30/h6-23,28,35H,5,24-27H2,1-4H3,(H,38,42)/t28-,35+/m0/s1. The summed E-state index contributed by atoms with van der Waals surface area (Å²) in [5, 5.41) is 3.04. The molecule has 1 N–H and O–H groups in total. The Kier molecular flexibility index (Phi) is 12.4. The van der Waals surface area contributed by atoms with Gasteiger partial charge in [-0.1, -0.05) is 79.7 Å². The van der Waals surface area contributed by atoms with Crippen molar-refractivity contribution in [2.75, 3.05) is 24.2 Å². The molecule has 2 atom stereocenters.